The molecule has 0 saturated heterocycles. The van der Waals surface area contributed by atoms with E-state index in [0.29, 0.717) is 28.0 Å². The quantitative estimate of drug-likeness (QED) is 0.375. The average molecular weight is 465 g/mol. The van der Waals surface area contributed by atoms with Gasteiger partial charge in [-0.1, -0.05) is 24.3 Å². The van der Waals surface area contributed by atoms with Crippen molar-refractivity contribution >= 4 is 34.7 Å². The number of aromatic nitrogens is 6. The number of aromatic amines is 1. The first-order valence-corrected chi connectivity index (χ1v) is 10.9. The Morgan fingerprint density at radius 1 is 1.30 bits per heavy atom. The minimum atomic E-state index is -0.631. The van der Waals surface area contributed by atoms with E-state index in [1.165, 1.54) is 18.1 Å². The molecule has 168 valence electrons. The predicted molar refractivity (Wildman–Crippen MR) is 121 cm³/mol. The third-order valence-electron chi connectivity index (χ3n) is 5.06. The van der Waals surface area contributed by atoms with E-state index in [4.69, 9.17) is 15.2 Å². The minimum absolute atomic E-state index is 0.0930. The van der Waals surface area contributed by atoms with Crippen LogP contribution in [0.2, 0.25) is 0 Å². The molecule has 1 amide bonds. The summed E-state index contributed by atoms with van der Waals surface area (Å²) in [5, 5.41) is 10.8. The topological polar surface area (TPSA) is 146 Å². The summed E-state index contributed by atoms with van der Waals surface area (Å²) in [6.45, 7) is 0.370. The second-order valence-corrected chi connectivity index (χ2v) is 8.04. The second kappa shape index (κ2) is 8.82. The lowest BCUT2D eigenvalue weighted by atomic mass is 10.0. The average Bonchev–Trinajstić information content (AvgIpc) is 3.59. The maximum atomic E-state index is 11.8. The summed E-state index contributed by atoms with van der Waals surface area (Å²) in [6.07, 6.45) is 4.32. The zero-order valence-corrected chi connectivity index (χ0v) is 18.4. The minimum Gasteiger partial charge on any atom is -0.454 e. The van der Waals surface area contributed by atoms with Gasteiger partial charge in [-0.05, 0) is 17.8 Å². The van der Waals surface area contributed by atoms with Crippen LogP contribution in [0.1, 0.15) is 18.3 Å². The molecule has 1 aliphatic heterocycles. The van der Waals surface area contributed by atoms with Gasteiger partial charge >= 0.3 is 0 Å². The smallest absolute Gasteiger partial charge is 0.268 e. The number of nitrogens with two attached hydrogens (primary N) is 1. The number of nitrogens with one attached hydrogen (secondary N) is 2. The fraction of sp³-hybridized carbons (Fsp3) is 0.190. The number of ether oxygens (including phenoxy) is 2. The van der Waals surface area contributed by atoms with Gasteiger partial charge in [0.05, 0.1) is 5.69 Å². The van der Waals surface area contributed by atoms with Gasteiger partial charge < -0.3 is 25.1 Å². The molecule has 0 radical (unpaired) electrons. The number of fused-ring (bicyclic) bond motifs is 1. The highest BCUT2D eigenvalue weighted by molar-refractivity contribution is 8.02. The zero-order valence-electron chi connectivity index (χ0n) is 17.6. The van der Waals surface area contributed by atoms with Crippen LogP contribution in [0.15, 0.2) is 59.4 Å². The first-order chi connectivity index (χ1) is 16.1. The largest absolute Gasteiger partial charge is 0.454 e. The van der Waals surface area contributed by atoms with Gasteiger partial charge in [-0.3, -0.25) is 9.89 Å². The SMILES string of the molecule is CNC(=O)CCn1c(SC2=COC(c3ccccc3-c3cc[nH]n3)O2)nc2c(N)ncnc21. The molecule has 5 rings (SSSR count). The van der Waals surface area contributed by atoms with E-state index in [0.717, 1.165) is 16.8 Å². The Kier molecular flexibility index (Phi) is 5.57. The number of carbonyl (C=O) groups excluding carboxylic acids is 1. The summed E-state index contributed by atoms with van der Waals surface area (Å²) in [7, 11) is 1.60. The Balaban J connectivity index is 1.39. The molecule has 4 aromatic rings. The predicted octanol–water partition coefficient (Wildman–Crippen LogP) is 2.57. The fourth-order valence-corrected chi connectivity index (χ4v) is 4.30. The van der Waals surface area contributed by atoms with Crippen molar-refractivity contribution in [3.05, 3.63) is 59.8 Å². The molecule has 0 spiro atoms. The number of anilines is 1. The van der Waals surface area contributed by atoms with E-state index in [2.05, 4.69) is 30.5 Å². The molecule has 1 atom stereocenters. The van der Waals surface area contributed by atoms with Crippen molar-refractivity contribution in [2.75, 3.05) is 12.8 Å². The molecule has 0 aliphatic carbocycles. The normalized spacial score (nSPS) is 15.2. The number of rotatable bonds is 7. The summed E-state index contributed by atoms with van der Waals surface area (Å²) < 4.78 is 13.7. The van der Waals surface area contributed by atoms with Crippen LogP contribution in [0.4, 0.5) is 5.82 Å². The fourth-order valence-electron chi connectivity index (χ4n) is 3.45. The van der Waals surface area contributed by atoms with E-state index in [1.807, 2.05) is 34.9 Å². The molecule has 3 aromatic heterocycles. The van der Waals surface area contributed by atoms with Crippen molar-refractivity contribution in [3.8, 4) is 11.3 Å². The molecule has 0 bridgehead atoms. The van der Waals surface area contributed by atoms with Crippen LogP contribution in [0.25, 0.3) is 22.4 Å². The molecule has 12 heteroatoms. The first kappa shape index (κ1) is 20.8. The van der Waals surface area contributed by atoms with Crippen molar-refractivity contribution in [1.82, 2.24) is 35.0 Å². The lowest BCUT2D eigenvalue weighted by molar-refractivity contribution is -0.120. The van der Waals surface area contributed by atoms with E-state index in [1.54, 1.807) is 19.5 Å². The Labute approximate surface area is 192 Å². The second-order valence-electron chi connectivity index (χ2n) is 7.07. The van der Waals surface area contributed by atoms with Crippen LogP contribution >= 0.6 is 11.8 Å². The summed E-state index contributed by atoms with van der Waals surface area (Å²) >= 11 is 1.26. The van der Waals surface area contributed by atoms with E-state index in [9.17, 15) is 4.79 Å². The zero-order chi connectivity index (χ0) is 22.8. The maximum Gasteiger partial charge on any atom is 0.268 e. The molecule has 0 saturated carbocycles. The third-order valence-corrected chi connectivity index (χ3v) is 5.95. The van der Waals surface area contributed by atoms with Gasteiger partial charge in [-0.2, -0.15) is 5.10 Å². The number of hydrogen-bond donors (Lipinski definition) is 3. The lowest BCUT2D eigenvalue weighted by Crippen LogP contribution is -2.19. The molecule has 1 unspecified atom stereocenters. The molecule has 1 aliphatic rings. The molecular weight excluding hydrogens is 444 g/mol. The van der Waals surface area contributed by atoms with E-state index >= 15 is 0 Å². The Morgan fingerprint density at radius 3 is 3.00 bits per heavy atom. The molecule has 4 N–H and O–H groups in total. The van der Waals surface area contributed by atoms with Crippen molar-refractivity contribution in [3.63, 3.8) is 0 Å². The summed E-state index contributed by atoms with van der Waals surface area (Å²) in [5.74, 6) is 0.174. The molecule has 4 heterocycles. The van der Waals surface area contributed by atoms with Crippen molar-refractivity contribution in [2.24, 2.45) is 0 Å². The standard InChI is InChI=1S/C21H20N8O3S/c1-23-15(30)7-9-29-19-17(18(22)24-11-25-19)27-21(29)33-16-10-31-20(32-16)13-5-3-2-4-12(13)14-6-8-26-28-14/h2-6,8,10-11,20H,7,9H2,1H3,(H,23,30)(H,26,28)(H2,22,24,25). The summed E-state index contributed by atoms with van der Waals surface area (Å²) in [5.41, 5.74) is 9.56. The van der Waals surface area contributed by atoms with Gasteiger partial charge in [0.1, 0.15) is 12.6 Å². The van der Waals surface area contributed by atoms with Gasteiger partial charge in [0.2, 0.25) is 11.0 Å². The number of carbonyl (C=O) groups is 1. The lowest BCUT2D eigenvalue weighted by Gasteiger charge is -2.15. The number of imidazole rings is 1. The highest BCUT2D eigenvalue weighted by atomic mass is 32.2. The molecular formula is C21H20N8O3S. The van der Waals surface area contributed by atoms with E-state index in [-0.39, 0.29) is 18.1 Å². The van der Waals surface area contributed by atoms with E-state index < -0.39 is 6.29 Å². The number of nitrogens with zero attached hydrogens (tertiary/aromatic N) is 5. The highest BCUT2D eigenvalue weighted by Gasteiger charge is 2.27. The van der Waals surface area contributed by atoms with Gasteiger partial charge in [0.15, 0.2) is 22.1 Å². The van der Waals surface area contributed by atoms with Crippen molar-refractivity contribution in [1.29, 1.82) is 0 Å². The van der Waals surface area contributed by atoms with Crippen LogP contribution in [0.3, 0.4) is 0 Å². The van der Waals surface area contributed by atoms with Gasteiger partial charge in [0, 0.05) is 37.3 Å². The number of aryl methyl sites for hydroxylation is 1. The number of H-pyrrole nitrogens is 1. The first-order valence-electron chi connectivity index (χ1n) is 10.1. The highest BCUT2D eigenvalue weighted by Crippen LogP contribution is 2.40. The maximum absolute atomic E-state index is 11.8. The number of hydrogen-bond acceptors (Lipinski definition) is 9. The third kappa shape index (κ3) is 4.07. The molecule has 11 nitrogen and oxygen atoms in total. The molecule has 0 fully saturated rings. The molecule has 1 aromatic carbocycles. The van der Waals surface area contributed by atoms with Gasteiger partial charge in [-0.25, -0.2) is 15.0 Å². The summed E-state index contributed by atoms with van der Waals surface area (Å²) in [6, 6.07) is 9.64. The van der Waals surface area contributed by atoms with Gasteiger partial charge in [-0.15, -0.1) is 0 Å². The van der Waals surface area contributed by atoms with Crippen LogP contribution in [-0.2, 0) is 20.8 Å². The Morgan fingerprint density at radius 2 is 2.18 bits per heavy atom. The number of benzene rings is 1. The van der Waals surface area contributed by atoms with Crippen LogP contribution in [-0.4, -0.2) is 42.7 Å². The van der Waals surface area contributed by atoms with Crippen LogP contribution in [0.5, 0.6) is 0 Å². The summed E-state index contributed by atoms with van der Waals surface area (Å²) in [4.78, 5) is 24.7. The van der Waals surface area contributed by atoms with Crippen LogP contribution in [0, 0.1) is 0 Å². The van der Waals surface area contributed by atoms with Crippen molar-refractivity contribution < 1.29 is 14.3 Å². The Bertz CT molecular complexity index is 1330. The Hall–Kier alpha value is -4.06. The molecule has 33 heavy (non-hydrogen) atoms. The van der Waals surface area contributed by atoms with Gasteiger partial charge in [0.25, 0.3) is 6.29 Å². The van der Waals surface area contributed by atoms with Crippen molar-refractivity contribution in [2.45, 2.75) is 24.4 Å². The van der Waals surface area contributed by atoms with Crippen LogP contribution < -0.4 is 11.1 Å². The number of nitrogen functional groups attached to an aromatic ring is 1. The number of thioether (sulfide) groups is 1. The number of amides is 1. The monoisotopic (exact) mass is 464 g/mol.